The van der Waals surface area contributed by atoms with Gasteiger partial charge in [-0.3, -0.25) is 0 Å². The number of hydrogen-bond donors (Lipinski definition) is 1. The van der Waals surface area contributed by atoms with Gasteiger partial charge in [-0.25, -0.2) is 14.4 Å². The molecule has 0 saturated carbocycles. The molecule has 4 nitrogen and oxygen atoms in total. The lowest BCUT2D eigenvalue weighted by atomic mass is 10.1. The van der Waals surface area contributed by atoms with Gasteiger partial charge < -0.3 is 10.2 Å². The van der Waals surface area contributed by atoms with Crippen LogP contribution in [-0.4, -0.2) is 35.6 Å². The van der Waals surface area contributed by atoms with Crippen molar-refractivity contribution in [3.8, 4) is 0 Å². The van der Waals surface area contributed by atoms with Crippen LogP contribution in [-0.2, 0) is 0 Å². The van der Waals surface area contributed by atoms with E-state index in [1.54, 1.807) is 24.5 Å². The lowest BCUT2D eigenvalue weighted by Gasteiger charge is -2.33. The van der Waals surface area contributed by atoms with E-state index in [1.807, 2.05) is 12.1 Å². The Morgan fingerprint density at radius 1 is 1.22 bits per heavy atom. The number of rotatable bonds is 5. The molecule has 2 heterocycles. The lowest BCUT2D eigenvalue weighted by molar-refractivity contribution is 0.434. The summed E-state index contributed by atoms with van der Waals surface area (Å²) in [6, 6.07) is 8.79. The zero-order valence-corrected chi connectivity index (χ0v) is 13.0. The monoisotopic (exact) mass is 312 g/mol. The standard InChI is InChI=1S/C18H21FN4/c19-16-8-6-15(7-9-16)4-1-10-20-17-5-2-13-23(14-17)18-21-11-3-12-22-18/h1,3-4,6-9,11-12,17,20H,2,5,10,13-14H2/b4-1+. The minimum absolute atomic E-state index is 0.203. The third kappa shape index (κ3) is 4.60. The molecular weight excluding hydrogens is 291 g/mol. The molecule has 3 rings (SSSR count). The molecule has 0 aliphatic carbocycles. The molecule has 1 unspecified atom stereocenters. The summed E-state index contributed by atoms with van der Waals surface area (Å²) in [6.45, 7) is 2.73. The number of nitrogens with zero attached hydrogens (tertiary/aromatic N) is 3. The first-order valence-electron chi connectivity index (χ1n) is 7.99. The molecule has 1 fully saturated rings. The van der Waals surface area contributed by atoms with Crippen LogP contribution in [0.2, 0.25) is 0 Å². The highest BCUT2D eigenvalue weighted by Crippen LogP contribution is 2.15. The number of halogens is 1. The van der Waals surface area contributed by atoms with Gasteiger partial charge in [0.1, 0.15) is 5.82 Å². The minimum Gasteiger partial charge on any atom is -0.339 e. The summed E-state index contributed by atoms with van der Waals surface area (Å²) in [7, 11) is 0. The fourth-order valence-corrected chi connectivity index (χ4v) is 2.78. The zero-order valence-electron chi connectivity index (χ0n) is 13.0. The number of nitrogens with one attached hydrogen (secondary N) is 1. The number of aromatic nitrogens is 2. The van der Waals surface area contributed by atoms with E-state index in [2.05, 4.69) is 26.3 Å². The van der Waals surface area contributed by atoms with E-state index in [0.717, 1.165) is 44.0 Å². The first kappa shape index (κ1) is 15.6. The predicted molar refractivity (Wildman–Crippen MR) is 90.7 cm³/mol. The van der Waals surface area contributed by atoms with Gasteiger partial charge in [0.05, 0.1) is 0 Å². The molecule has 1 aliphatic heterocycles. The van der Waals surface area contributed by atoms with Crippen LogP contribution in [0.5, 0.6) is 0 Å². The SMILES string of the molecule is Fc1ccc(/C=C/CNC2CCCN(c3ncccn3)C2)cc1. The van der Waals surface area contributed by atoms with Crippen molar-refractivity contribution in [1.29, 1.82) is 0 Å². The Balaban J connectivity index is 1.47. The molecule has 0 amide bonds. The van der Waals surface area contributed by atoms with Crippen molar-refractivity contribution in [2.45, 2.75) is 18.9 Å². The molecule has 1 N–H and O–H groups in total. The van der Waals surface area contributed by atoms with Gasteiger partial charge in [-0.2, -0.15) is 0 Å². The summed E-state index contributed by atoms with van der Waals surface area (Å²) in [6.07, 6.45) is 9.94. The van der Waals surface area contributed by atoms with E-state index >= 15 is 0 Å². The first-order valence-corrected chi connectivity index (χ1v) is 7.99. The molecule has 1 aliphatic rings. The average Bonchev–Trinajstić information content (AvgIpc) is 2.61. The van der Waals surface area contributed by atoms with Crippen LogP contribution in [0.25, 0.3) is 6.08 Å². The van der Waals surface area contributed by atoms with E-state index in [0.29, 0.717) is 6.04 Å². The number of hydrogen-bond acceptors (Lipinski definition) is 4. The van der Waals surface area contributed by atoms with Gasteiger partial charge in [0.15, 0.2) is 0 Å². The second kappa shape index (κ2) is 7.83. The number of benzene rings is 1. The maximum Gasteiger partial charge on any atom is 0.225 e. The fraction of sp³-hybridized carbons (Fsp3) is 0.333. The van der Waals surface area contributed by atoms with Gasteiger partial charge in [-0.1, -0.05) is 24.3 Å². The second-order valence-corrected chi connectivity index (χ2v) is 5.70. The number of anilines is 1. The van der Waals surface area contributed by atoms with E-state index in [4.69, 9.17) is 0 Å². The van der Waals surface area contributed by atoms with Crippen molar-refractivity contribution in [1.82, 2.24) is 15.3 Å². The van der Waals surface area contributed by atoms with Crippen molar-refractivity contribution < 1.29 is 4.39 Å². The lowest BCUT2D eigenvalue weighted by Crippen LogP contribution is -2.46. The zero-order chi connectivity index (χ0) is 15.9. The molecule has 1 aromatic carbocycles. The highest BCUT2D eigenvalue weighted by atomic mass is 19.1. The highest BCUT2D eigenvalue weighted by Gasteiger charge is 2.20. The molecule has 5 heteroatoms. The van der Waals surface area contributed by atoms with Crippen LogP contribution >= 0.6 is 0 Å². The summed E-state index contributed by atoms with van der Waals surface area (Å²) in [5.74, 6) is 0.603. The Labute approximate surface area is 136 Å². The maximum atomic E-state index is 12.8. The third-order valence-electron chi connectivity index (χ3n) is 3.96. The predicted octanol–water partition coefficient (Wildman–Crippen LogP) is 2.89. The molecule has 1 atom stereocenters. The third-order valence-corrected chi connectivity index (χ3v) is 3.96. The largest absolute Gasteiger partial charge is 0.339 e. The molecule has 23 heavy (non-hydrogen) atoms. The van der Waals surface area contributed by atoms with Crippen LogP contribution in [0.4, 0.5) is 10.3 Å². The van der Waals surface area contributed by atoms with Crippen molar-refractivity contribution in [2.75, 3.05) is 24.5 Å². The molecular formula is C18H21FN4. The van der Waals surface area contributed by atoms with Crippen molar-refractivity contribution in [3.63, 3.8) is 0 Å². The second-order valence-electron chi connectivity index (χ2n) is 5.70. The van der Waals surface area contributed by atoms with E-state index < -0.39 is 0 Å². The van der Waals surface area contributed by atoms with Crippen molar-refractivity contribution >= 4 is 12.0 Å². The van der Waals surface area contributed by atoms with Crippen molar-refractivity contribution in [3.05, 3.63) is 60.2 Å². The Kier molecular flexibility index (Phi) is 5.32. The van der Waals surface area contributed by atoms with E-state index in [-0.39, 0.29) is 5.82 Å². The molecule has 120 valence electrons. The molecule has 0 radical (unpaired) electrons. The quantitative estimate of drug-likeness (QED) is 0.922. The normalized spacial score (nSPS) is 18.5. The van der Waals surface area contributed by atoms with Gasteiger partial charge >= 0.3 is 0 Å². The average molecular weight is 312 g/mol. The van der Waals surface area contributed by atoms with Gasteiger partial charge in [-0.05, 0) is 36.6 Å². The topological polar surface area (TPSA) is 41.0 Å². The Morgan fingerprint density at radius 2 is 2.00 bits per heavy atom. The molecule has 1 aromatic heterocycles. The van der Waals surface area contributed by atoms with Crippen LogP contribution in [0.3, 0.4) is 0 Å². The fourth-order valence-electron chi connectivity index (χ4n) is 2.78. The summed E-state index contributed by atoms with van der Waals surface area (Å²) < 4.78 is 12.8. The van der Waals surface area contributed by atoms with Gasteiger partial charge in [-0.15, -0.1) is 0 Å². The molecule has 1 saturated heterocycles. The number of piperidine rings is 1. The van der Waals surface area contributed by atoms with Crippen molar-refractivity contribution in [2.24, 2.45) is 0 Å². The molecule has 2 aromatic rings. The minimum atomic E-state index is -0.203. The Hall–Kier alpha value is -2.27. The summed E-state index contributed by atoms with van der Waals surface area (Å²) in [5.41, 5.74) is 1.01. The van der Waals surface area contributed by atoms with Gasteiger partial charge in [0, 0.05) is 38.1 Å². The highest BCUT2D eigenvalue weighted by molar-refractivity contribution is 5.48. The first-order chi connectivity index (χ1) is 11.3. The summed E-state index contributed by atoms with van der Waals surface area (Å²) in [5, 5.41) is 3.54. The van der Waals surface area contributed by atoms with Gasteiger partial charge in [0.2, 0.25) is 5.95 Å². The van der Waals surface area contributed by atoms with Crippen LogP contribution in [0.1, 0.15) is 18.4 Å². The maximum absolute atomic E-state index is 12.8. The smallest absolute Gasteiger partial charge is 0.225 e. The van der Waals surface area contributed by atoms with Gasteiger partial charge in [0.25, 0.3) is 0 Å². The molecule has 0 spiro atoms. The Morgan fingerprint density at radius 3 is 2.78 bits per heavy atom. The summed E-state index contributed by atoms with van der Waals surface area (Å²) in [4.78, 5) is 10.9. The van der Waals surface area contributed by atoms with Crippen LogP contribution in [0, 0.1) is 5.82 Å². The molecule has 0 bridgehead atoms. The van der Waals surface area contributed by atoms with E-state index in [9.17, 15) is 4.39 Å². The summed E-state index contributed by atoms with van der Waals surface area (Å²) >= 11 is 0. The van der Waals surface area contributed by atoms with Crippen LogP contribution < -0.4 is 10.2 Å². The van der Waals surface area contributed by atoms with Crippen LogP contribution in [0.15, 0.2) is 48.8 Å². The van der Waals surface area contributed by atoms with E-state index in [1.165, 1.54) is 12.1 Å². The Bertz CT molecular complexity index is 627.